The minimum atomic E-state index is -0.0428. The van der Waals surface area contributed by atoms with E-state index < -0.39 is 0 Å². The zero-order valence-corrected chi connectivity index (χ0v) is 13.6. The van der Waals surface area contributed by atoms with Gasteiger partial charge in [-0.25, -0.2) is 15.0 Å². The van der Waals surface area contributed by atoms with Crippen LogP contribution in [0.25, 0.3) is 32.7 Å². The second-order valence-electron chi connectivity index (χ2n) is 5.79. The molecule has 0 fully saturated rings. The average Bonchev–Trinajstić information content (AvgIpc) is 2.68. The Bertz CT molecular complexity index is 1430. The summed E-state index contributed by atoms with van der Waals surface area (Å²) in [6.45, 7) is 0. The van der Waals surface area contributed by atoms with Crippen LogP contribution in [0.4, 0.5) is 17.3 Å². The lowest BCUT2D eigenvalue weighted by Crippen LogP contribution is -2.02. The number of aromatic nitrogens is 3. The molecule has 27 heavy (non-hydrogen) atoms. The van der Waals surface area contributed by atoms with Crippen LogP contribution in [0.15, 0.2) is 18.2 Å². The van der Waals surface area contributed by atoms with Crippen molar-refractivity contribution in [1.82, 2.24) is 15.0 Å². The van der Waals surface area contributed by atoms with E-state index in [-0.39, 0.29) is 34.1 Å². The first kappa shape index (κ1) is 15.8. The minimum absolute atomic E-state index is 0.0340. The summed E-state index contributed by atoms with van der Waals surface area (Å²) in [6.07, 6.45) is 0. The van der Waals surface area contributed by atoms with Gasteiger partial charge in [0, 0.05) is 16.2 Å². The summed E-state index contributed by atoms with van der Waals surface area (Å²) in [4.78, 5) is 12.9. The molecule has 9 heteroatoms. The quantitative estimate of drug-likeness (QED) is 0.396. The first-order valence-corrected chi connectivity index (χ1v) is 7.61. The molecule has 0 saturated heterocycles. The van der Waals surface area contributed by atoms with Crippen LogP contribution in [-0.4, -0.2) is 15.0 Å². The zero-order valence-electron chi connectivity index (χ0n) is 13.6. The average molecular weight is 351 g/mol. The van der Waals surface area contributed by atoms with Crippen molar-refractivity contribution in [2.45, 2.75) is 0 Å². The first-order chi connectivity index (χ1) is 13.0. The van der Waals surface area contributed by atoms with Gasteiger partial charge in [-0.05, 0) is 18.2 Å². The molecular formula is C18H9N9. The van der Waals surface area contributed by atoms with Gasteiger partial charge in [-0.2, -0.15) is 15.8 Å². The summed E-state index contributed by atoms with van der Waals surface area (Å²) in [5, 5.41) is 29.5. The Morgan fingerprint density at radius 3 is 1.89 bits per heavy atom. The fraction of sp³-hybridized carbons (Fsp3) is 0. The number of pyridine rings is 3. The Hall–Kier alpha value is -4.68. The number of rotatable bonds is 0. The summed E-state index contributed by atoms with van der Waals surface area (Å²) in [6, 6.07) is 10.6. The third kappa shape index (κ3) is 2.12. The lowest BCUT2D eigenvalue weighted by Gasteiger charge is -2.12. The van der Waals surface area contributed by atoms with E-state index in [1.807, 2.05) is 18.2 Å². The van der Waals surface area contributed by atoms with E-state index in [0.29, 0.717) is 32.7 Å². The maximum Gasteiger partial charge on any atom is 0.159 e. The molecule has 0 aliphatic rings. The van der Waals surface area contributed by atoms with Crippen molar-refractivity contribution in [3.63, 3.8) is 0 Å². The van der Waals surface area contributed by atoms with Gasteiger partial charge in [-0.15, -0.1) is 0 Å². The molecule has 0 radical (unpaired) electrons. The number of nitrogen functional groups attached to an aromatic ring is 3. The molecule has 0 aliphatic heterocycles. The largest absolute Gasteiger partial charge is 0.396 e. The number of nitrogens with zero attached hydrogens (tertiary/aromatic N) is 6. The second-order valence-corrected chi connectivity index (χ2v) is 5.79. The third-order valence-corrected chi connectivity index (χ3v) is 4.27. The standard InChI is InChI=1S/C18H9N9/c19-4-7-1-11-14-10(3-12(22)18(24)26-14)9-2-8(5-20)17(23)27-15(9)16(11)25-13(7)6-21/h1-3H,22H2,(H2,23,27)(H2,24,26). The van der Waals surface area contributed by atoms with Crippen LogP contribution < -0.4 is 17.2 Å². The molecule has 0 unspecified atom stereocenters. The second kappa shape index (κ2) is 5.41. The Balaban J connectivity index is 2.40. The van der Waals surface area contributed by atoms with Crippen molar-refractivity contribution in [3.05, 3.63) is 35.0 Å². The lowest BCUT2D eigenvalue weighted by molar-refractivity contribution is 1.29. The van der Waals surface area contributed by atoms with Crippen LogP contribution in [0.5, 0.6) is 0 Å². The number of hydrogen-bond acceptors (Lipinski definition) is 9. The molecular weight excluding hydrogens is 342 g/mol. The van der Waals surface area contributed by atoms with Crippen LogP contribution in [0.1, 0.15) is 16.8 Å². The smallest absolute Gasteiger partial charge is 0.159 e. The van der Waals surface area contributed by atoms with Gasteiger partial charge in [0.2, 0.25) is 0 Å². The summed E-state index contributed by atoms with van der Waals surface area (Å²) in [5.41, 5.74) is 19.3. The molecule has 1 aromatic carbocycles. The van der Waals surface area contributed by atoms with Gasteiger partial charge in [0.05, 0.1) is 27.8 Å². The predicted octanol–water partition coefficient (Wildman–Crippen LogP) is 1.69. The van der Waals surface area contributed by atoms with Crippen LogP contribution in [-0.2, 0) is 0 Å². The molecule has 126 valence electrons. The number of benzene rings is 1. The highest BCUT2D eigenvalue weighted by Gasteiger charge is 2.18. The fourth-order valence-corrected chi connectivity index (χ4v) is 3.00. The molecule has 6 N–H and O–H groups in total. The number of hydrogen-bond donors (Lipinski definition) is 3. The summed E-state index contributed by atoms with van der Waals surface area (Å²) >= 11 is 0. The predicted molar refractivity (Wildman–Crippen MR) is 99.7 cm³/mol. The maximum atomic E-state index is 9.33. The molecule has 3 aromatic heterocycles. The van der Waals surface area contributed by atoms with Crippen LogP contribution >= 0.6 is 0 Å². The molecule has 9 nitrogen and oxygen atoms in total. The zero-order chi connectivity index (χ0) is 19.3. The molecule has 4 rings (SSSR count). The molecule has 3 heterocycles. The van der Waals surface area contributed by atoms with Crippen LogP contribution in [0.3, 0.4) is 0 Å². The van der Waals surface area contributed by atoms with Crippen molar-refractivity contribution in [3.8, 4) is 18.2 Å². The first-order valence-electron chi connectivity index (χ1n) is 7.61. The molecule has 0 atom stereocenters. The van der Waals surface area contributed by atoms with E-state index in [0.717, 1.165) is 0 Å². The van der Waals surface area contributed by atoms with Gasteiger partial charge in [0.15, 0.2) is 5.69 Å². The molecule has 0 amide bonds. The van der Waals surface area contributed by atoms with Crippen molar-refractivity contribution < 1.29 is 0 Å². The molecule has 4 aromatic rings. The van der Waals surface area contributed by atoms with E-state index in [2.05, 4.69) is 15.0 Å². The van der Waals surface area contributed by atoms with Gasteiger partial charge in [-0.3, -0.25) is 0 Å². The fourth-order valence-electron chi connectivity index (χ4n) is 3.00. The highest BCUT2D eigenvalue weighted by atomic mass is 14.9. The van der Waals surface area contributed by atoms with Gasteiger partial charge in [0.25, 0.3) is 0 Å². The topological polar surface area (TPSA) is 188 Å². The van der Waals surface area contributed by atoms with Crippen molar-refractivity contribution in [2.24, 2.45) is 0 Å². The molecule has 0 aliphatic carbocycles. The van der Waals surface area contributed by atoms with E-state index in [9.17, 15) is 15.8 Å². The summed E-state index contributed by atoms with van der Waals surface area (Å²) in [7, 11) is 0. The lowest BCUT2D eigenvalue weighted by atomic mass is 10.00. The van der Waals surface area contributed by atoms with E-state index >= 15 is 0 Å². The van der Waals surface area contributed by atoms with Crippen molar-refractivity contribution >= 4 is 50.0 Å². The number of fused-ring (bicyclic) bond motifs is 6. The van der Waals surface area contributed by atoms with Crippen molar-refractivity contribution in [1.29, 1.82) is 15.8 Å². The van der Waals surface area contributed by atoms with E-state index in [1.54, 1.807) is 12.1 Å². The van der Waals surface area contributed by atoms with E-state index in [4.69, 9.17) is 17.2 Å². The SMILES string of the molecule is N#Cc1cc2c3cc(N)c(N)nc3c3cc(C#N)c(C#N)nc3c2nc1N. The van der Waals surface area contributed by atoms with Gasteiger partial charge in [-0.1, -0.05) is 0 Å². The summed E-state index contributed by atoms with van der Waals surface area (Å²) in [5.74, 6) is 0.154. The third-order valence-electron chi connectivity index (χ3n) is 4.27. The number of nitrogens with two attached hydrogens (primary N) is 3. The van der Waals surface area contributed by atoms with E-state index in [1.165, 1.54) is 6.07 Å². The molecule has 0 spiro atoms. The monoisotopic (exact) mass is 351 g/mol. The number of anilines is 3. The normalized spacial score (nSPS) is 10.6. The highest BCUT2D eigenvalue weighted by Crippen LogP contribution is 2.36. The van der Waals surface area contributed by atoms with Gasteiger partial charge in [0.1, 0.15) is 35.4 Å². The Labute approximate surface area is 151 Å². The Morgan fingerprint density at radius 1 is 0.630 bits per heavy atom. The van der Waals surface area contributed by atoms with Crippen LogP contribution in [0.2, 0.25) is 0 Å². The number of nitriles is 3. The Kier molecular flexibility index (Phi) is 3.17. The van der Waals surface area contributed by atoms with Crippen LogP contribution in [0, 0.1) is 34.0 Å². The highest BCUT2D eigenvalue weighted by molar-refractivity contribution is 6.23. The molecule has 0 bridgehead atoms. The van der Waals surface area contributed by atoms with Gasteiger partial charge >= 0.3 is 0 Å². The van der Waals surface area contributed by atoms with Crippen molar-refractivity contribution in [2.75, 3.05) is 17.2 Å². The molecule has 0 saturated carbocycles. The minimum Gasteiger partial charge on any atom is -0.396 e. The Morgan fingerprint density at radius 2 is 1.22 bits per heavy atom. The van der Waals surface area contributed by atoms with Gasteiger partial charge < -0.3 is 17.2 Å². The maximum absolute atomic E-state index is 9.33. The summed E-state index contributed by atoms with van der Waals surface area (Å²) < 4.78 is 0.